The van der Waals surface area contributed by atoms with Gasteiger partial charge in [0, 0.05) is 6.07 Å². The summed E-state index contributed by atoms with van der Waals surface area (Å²) in [7, 11) is -2.66. The molecular weight excluding hydrogens is 237 g/mol. The van der Waals surface area contributed by atoms with Crippen LogP contribution in [-0.4, -0.2) is 22.3 Å². The van der Waals surface area contributed by atoms with Crippen LogP contribution in [-0.2, 0) is 30.2 Å². The Morgan fingerprint density at radius 1 is 1.33 bits per heavy atom. The predicted octanol–water partition coefficient (Wildman–Crippen LogP) is 0.955. The molecule has 0 heterocycles. The Morgan fingerprint density at radius 3 is 2.47 bits per heavy atom. The molecule has 1 rings (SSSR count). The van der Waals surface area contributed by atoms with E-state index >= 15 is 0 Å². The summed E-state index contributed by atoms with van der Waals surface area (Å²) < 4.78 is 24.4. The van der Waals surface area contributed by atoms with Crippen molar-refractivity contribution in [3.8, 4) is 0 Å². The van der Waals surface area contributed by atoms with Gasteiger partial charge in [0.1, 0.15) is 0 Å². The van der Waals surface area contributed by atoms with Crippen molar-refractivity contribution in [2.75, 3.05) is 0 Å². The molecule has 0 fully saturated rings. The average Bonchev–Trinajstić information content (AvgIpc) is 2.15. The number of hydrogen-bond donors (Lipinski definition) is 0. The summed E-state index contributed by atoms with van der Waals surface area (Å²) in [5.41, 5.74) is 0.0691. The van der Waals surface area contributed by atoms with Gasteiger partial charge in [0.25, 0.3) is 5.69 Å². The van der Waals surface area contributed by atoms with Gasteiger partial charge in [-0.15, -0.1) is 0 Å². The van der Waals surface area contributed by atoms with Crippen LogP contribution in [0.15, 0.2) is 24.3 Å². The molecule has 0 spiro atoms. The van der Waals surface area contributed by atoms with E-state index in [-0.39, 0.29) is 35.2 Å². The number of benzene rings is 1. The van der Waals surface area contributed by atoms with Crippen LogP contribution < -0.4 is 0 Å². The van der Waals surface area contributed by atoms with Gasteiger partial charge >= 0.3 is 17.4 Å². The van der Waals surface area contributed by atoms with Crippen LogP contribution in [0, 0.1) is 10.1 Å². The van der Waals surface area contributed by atoms with Crippen molar-refractivity contribution in [1.82, 2.24) is 0 Å². The summed E-state index contributed by atoms with van der Waals surface area (Å²) in [5.74, 6) is 0. The monoisotopic (exact) mass is 243 g/mol. The standard InChI is InChI=1S/C7H6NO5S.Al/c9-8(10)7-4-2-1-3-6(7)5-13-14(11)12;/h1-4H,5H2;/q-1;+1. The van der Waals surface area contributed by atoms with E-state index in [2.05, 4.69) is 4.18 Å². The van der Waals surface area contributed by atoms with Crippen LogP contribution in [0.3, 0.4) is 0 Å². The Bertz CT molecular complexity index is 412. The summed E-state index contributed by atoms with van der Waals surface area (Å²) in [6.07, 6.45) is 0. The topological polar surface area (TPSA) is 86.5 Å². The smallest absolute Gasteiger partial charge is 0.420 e. The summed E-state index contributed by atoms with van der Waals surface area (Å²) in [6.45, 7) is -0.326. The quantitative estimate of drug-likeness (QED) is 0.340. The fraction of sp³-hybridized carbons (Fsp3) is 0.143. The first-order valence-corrected chi connectivity index (χ1v) is 4.56. The van der Waals surface area contributed by atoms with Gasteiger partial charge in [-0.2, -0.15) is 0 Å². The molecule has 0 aliphatic carbocycles. The van der Waals surface area contributed by atoms with E-state index in [0.717, 1.165) is 0 Å². The SMILES string of the molecule is O=[N+]([O-])c1ccccc1CO[S-](=O)=O.[Al+]. The third-order valence-electron chi connectivity index (χ3n) is 1.50. The maximum Gasteiger partial charge on any atom is 1.00 e. The molecule has 1 aromatic rings. The first kappa shape index (κ1) is 14.1. The van der Waals surface area contributed by atoms with Crippen LogP contribution >= 0.6 is 0 Å². The van der Waals surface area contributed by atoms with Gasteiger partial charge in [-0.25, -0.2) is 0 Å². The maximum absolute atomic E-state index is 10.5. The fourth-order valence-electron chi connectivity index (χ4n) is 0.923. The largest absolute Gasteiger partial charge is 1.00 e. The van der Waals surface area contributed by atoms with Gasteiger partial charge in [0.15, 0.2) is 0 Å². The molecule has 6 nitrogen and oxygen atoms in total. The van der Waals surface area contributed by atoms with Crippen molar-refractivity contribution >= 4 is 34.0 Å². The summed E-state index contributed by atoms with van der Waals surface area (Å²) >= 11 is 0. The summed E-state index contributed by atoms with van der Waals surface area (Å²) in [4.78, 5) is 9.87. The summed E-state index contributed by atoms with van der Waals surface area (Å²) in [6, 6.07) is 5.78. The second-order valence-corrected chi connectivity index (χ2v) is 3.00. The number of nitro groups is 1. The van der Waals surface area contributed by atoms with Crippen LogP contribution in [0.25, 0.3) is 0 Å². The molecule has 78 valence electrons. The predicted molar refractivity (Wildman–Crippen MR) is 52.4 cm³/mol. The van der Waals surface area contributed by atoms with E-state index < -0.39 is 15.9 Å². The molecule has 2 radical (unpaired) electrons. The Balaban J connectivity index is 0.00000196. The molecule has 0 aliphatic rings. The minimum absolute atomic E-state index is 0. The van der Waals surface area contributed by atoms with Gasteiger partial charge in [0.2, 0.25) is 0 Å². The first-order chi connectivity index (χ1) is 6.61. The van der Waals surface area contributed by atoms with Gasteiger partial charge in [0.05, 0.1) is 28.1 Å². The molecule has 0 aromatic heterocycles. The Hall–Kier alpha value is -0.938. The van der Waals surface area contributed by atoms with Crippen molar-refractivity contribution in [3.05, 3.63) is 39.9 Å². The van der Waals surface area contributed by atoms with Crippen LogP contribution in [0.1, 0.15) is 5.56 Å². The molecular formula is C7H6AlNO5S. The van der Waals surface area contributed by atoms with Gasteiger partial charge in [-0.1, -0.05) is 12.1 Å². The van der Waals surface area contributed by atoms with E-state index in [4.69, 9.17) is 0 Å². The zero-order valence-electron chi connectivity index (χ0n) is 7.49. The molecule has 0 amide bonds. The van der Waals surface area contributed by atoms with Crippen LogP contribution in [0.5, 0.6) is 0 Å². The number of hydrogen-bond acceptors (Lipinski definition) is 6. The van der Waals surface area contributed by atoms with Crippen LogP contribution in [0.4, 0.5) is 5.69 Å². The minimum atomic E-state index is -2.66. The third kappa shape index (κ3) is 4.40. The number of nitrogens with zero attached hydrogens (tertiary/aromatic N) is 1. The molecule has 15 heavy (non-hydrogen) atoms. The van der Waals surface area contributed by atoms with Crippen molar-refractivity contribution in [2.45, 2.75) is 6.61 Å². The van der Waals surface area contributed by atoms with Crippen molar-refractivity contribution < 1.29 is 17.5 Å². The van der Waals surface area contributed by atoms with E-state index in [9.17, 15) is 18.5 Å². The third-order valence-corrected chi connectivity index (χ3v) is 1.81. The molecule has 0 bridgehead atoms. The maximum atomic E-state index is 10.5. The second-order valence-electron chi connectivity index (χ2n) is 2.35. The number of nitro benzene ring substituents is 1. The van der Waals surface area contributed by atoms with Crippen molar-refractivity contribution in [2.24, 2.45) is 0 Å². The molecule has 0 unspecified atom stereocenters. The molecule has 0 saturated carbocycles. The molecule has 0 N–H and O–H groups in total. The van der Waals surface area contributed by atoms with E-state index in [1.807, 2.05) is 0 Å². The average molecular weight is 243 g/mol. The molecule has 1 aromatic carbocycles. The zero-order chi connectivity index (χ0) is 10.6. The zero-order valence-corrected chi connectivity index (χ0v) is 9.46. The van der Waals surface area contributed by atoms with Crippen LogP contribution in [0.2, 0.25) is 0 Å². The molecule has 8 heteroatoms. The summed E-state index contributed by atoms with van der Waals surface area (Å²) in [5, 5.41) is 10.5. The normalized spacial score (nSPS) is 9.67. The number of para-hydroxylation sites is 1. The van der Waals surface area contributed by atoms with E-state index in [1.165, 1.54) is 18.2 Å². The fourth-order valence-corrected chi connectivity index (χ4v) is 1.15. The van der Waals surface area contributed by atoms with Crippen molar-refractivity contribution in [1.29, 1.82) is 0 Å². The Kier molecular flexibility index (Phi) is 6.12. The van der Waals surface area contributed by atoms with Crippen molar-refractivity contribution in [3.63, 3.8) is 0 Å². The van der Waals surface area contributed by atoms with E-state index in [1.54, 1.807) is 6.07 Å². The Morgan fingerprint density at radius 2 is 1.93 bits per heavy atom. The van der Waals surface area contributed by atoms with Gasteiger partial charge < -0.3 is 12.6 Å². The molecule has 0 aliphatic heterocycles. The minimum Gasteiger partial charge on any atom is -0.420 e. The van der Waals surface area contributed by atoms with Gasteiger partial charge in [-0.3, -0.25) is 10.1 Å². The van der Waals surface area contributed by atoms with Gasteiger partial charge in [-0.05, 0) is 6.07 Å². The second kappa shape index (κ2) is 6.53. The van der Waals surface area contributed by atoms with E-state index in [0.29, 0.717) is 0 Å². The molecule has 0 atom stereocenters. The Labute approximate surface area is 98.3 Å². The molecule has 0 saturated heterocycles. The first-order valence-electron chi connectivity index (χ1n) is 3.56. The number of rotatable bonds is 4.